The Morgan fingerprint density at radius 1 is 0.500 bits per heavy atom. The summed E-state index contributed by atoms with van der Waals surface area (Å²) in [6.45, 7) is 32.3. The zero-order valence-electron chi connectivity index (χ0n) is 22.5. The molecule has 0 heterocycles. The van der Waals surface area contributed by atoms with Crippen LogP contribution in [0.25, 0.3) is 0 Å². The third kappa shape index (κ3) is 16.0. The van der Waals surface area contributed by atoms with Gasteiger partial charge in [0.1, 0.15) is 5.73 Å². The molecule has 0 aliphatic carbocycles. The Bertz CT molecular complexity index is 508. The molecule has 0 aromatic heterocycles. The lowest BCUT2D eigenvalue weighted by Gasteiger charge is -2.42. The highest BCUT2D eigenvalue weighted by molar-refractivity contribution is 6.83. The molecule has 13 heteroatoms. The Hall–Kier alpha value is 1.28. The minimum atomic E-state index is -2.43. The fourth-order valence-corrected chi connectivity index (χ4v) is 26.3. The van der Waals surface area contributed by atoms with Gasteiger partial charge in [0.15, 0.2) is 31.2 Å². The highest BCUT2D eigenvalue weighted by atomic mass is 28.4. The van der Waals surface area contributed by atoms with Gasteiger partial charge in [0, 0.05) is 0 Å². The predicted octanol–water partition coefficient (Wildman–Crippen LogP) is 4.88. The van der Waals surface area contributed by atoms with Crippen molar-refractivity contribution in [3.63, 3.8) is 0 Å². The maximum atomic E-state index is 6.55. The van der Waals surface area contributed by atoms with Crippen molar-refractivity contribution in [2.45, 2.75) is 104 Å². The van der Waals surface area contributed by atoms with Crippen LogP contribution >= 0.6 is 0 Å². The summed E-state index contributed by atoms with van der Waals surface area (Å²) in [6.07, 6.45) is -0.565. The summed E-state index contributed by atoms with van der Waals surface area (Å²) >= 11 is 0. The molecule has 0 bridgehead atoms. The second kappa shape index (κ2) is 10.7. The molecule has 0 N–H and O–H groups in total. The fourth-order valence-electron chi connectivity index (χ4n) is 3.42. The van der Waals surface area contributed by atoms with Crippen molar-refractivity contribution < 1.29 is 25.6 Å². The average molecular weight is 546 g/mol. The van der Waals surface area contributed by atoms with Crippen molar-refractivity contribution in [1.82, 2.24) is 0 Å². The van der Waals surface area contributed by atoms with Crippen LogP contribution in [0.3, 0.4) is 0 Å². The van der Waals surface area contributed by atoms with Gasteiger partial charge >= 0.3 is 25.7 Å². The summed E-state index contributed by atoms with van der Waals surface area (Å²) in [4.78, 5) is 0. The van der Waals surface area contributed by atoms with Crippen molar-refractivity contribution in [3.8, 4) is 0 Å². The van der Waals surface area contributed by atoms with Crippen LogP contribution in [0.15, 0.2) is 0 Å². The molecule has 0 aromatic rings. The molecule has 0 unspecified atom stereocenters. The topological polar surface area (TPSA) is 55.4 Å². The zero-order valence-corrected chi connectivity index (χ0v) is 30.5. The lowest BCUT2D eigenvalue weighted by atomic mass is 10.7. The van der Waals surface area contributed by atoms with Crippen LogP contribution in [-0.2, 0) is 25.6 Å². The number of hydrogen-bond acceptors (Lipinski definition) is 6. The van der Waals surface area contributed by atoms with E-state index in [2.05, 4.69) is 98.2 Å². The van der Waals surface area contributed by atoms with Gasteiger partial charge < -0.3 is 25.6 Å². The number of rotatable bonds is 13. The monoisotopic (exact) mass is 545 g/mol. The fraction of sp³-hybridized carbons (Fsp3) is 0.941. The summed E-state index contributed by atoms with van der Waals surface area (Å²) in [5, 5.41) is 0. The average Bonchev–Trinajstić information content (AvgIpc) is 2.25. The molecule has 0 aliphatic heterocycles. The van der Waals surface area contributed by atoms with Gasteiger partial charge in [-0.05, 0) is 98.2 Å². The molecular weight excluding hydrogens is 497 g/mol. The summed E-state index contributed by atoms with van der Waals surface area (Å²) in [5.74, 6) is 0. The van der Waals surface area contributed by atoms with Gasteiger partial charge in [0.05, 0.1) is 10.2 Å². The first-order chi connectivity index (χ1) is 12.8. The Labute approximate surface area is 196 Å². The van der Waals surface area contributed by atoms with Gasteiger partial charge in [-0.2, -0.15) is 0 Å². The first-order valence-electron chi connectivity index (χ1n) is 10.8. The Morgan fingerprint density at radius 2 is 0.767 bits per heavy atom. The summed E-state index contributed by atoms with van der Waals surface area (Å²) in [7, 11) is -11.7. The summed E-state index contributed by atoms with van der Waals surface area (Å²) < 4.78 is 38.8. The van der Waals surface area contributed by atoms with E-state index in [1.807, 2.05) is 0 Å². The molecule has 6 nitrogen and oxygen atoms in total. The lowest BCUT2D eigenvalue weighted by Crippen LogP contribution is -2.55. The molecule has 0 aliphatic rings. The van der Waals surface area contributed by atoms with E-state index in [-0.39, 0.29) is 0 Å². The minimum absolute atomic E-state index is 0.565. The van der Waals surface area contributed by atoms with Crippen LogP contribution in [0.4, 0.5) is 0 Å². The zero-order chi connectivity index (χ0) is 24.4. The van der Waals surface area contributed by atoms with E-state index in [0.717, 1.165) is 5.73 Å². The first-order valence-corrected chi connectivity index (χ1v) is 30.5. The van der Waals surface area contributed by atoms with E-state index in [0.29, 0.717) is 10.2 Å². The van der Waals surface area contributed by atoms with Gasteiger partial charge in [0.25, 0.3) is 0 Å². The van der Waals surface area contributed by atoms with Crippen LogP contribution in [0.2, 0.25) is 98.2 Å². The quantitative estimate of drug-likeness (QED) is 0.243. The molecule has 0 saturated carbocycles. The van der Waals surface area contributed by atoms with Gasteiger partial charge in [-0.25, -0.2) is 0 Å². The summed E-state index contributed by atoms with van der Waals surface area (Å²) in [6, 6.07) is 0. The summed E-state index contributed by atoms with van der Waals surface area (Å²) in [5.41, 5.74) is 0.837. The molecule has 0 aromatic carbocycles. The normalized spacial score (nSPS) is 15.5. The van der Waals surface area contributed by atoms with Crippen molar-refractivity contribution in [3.05, 3.63) is 5.73 Å². The Kier molecular flexibility index (Phi) is 11.1. The molecular formula is C17H49O6Si7. The van der Waals surface area contributed by atoms with Gasteiger partial charge in [-0.15, -0.1) is 0 Å². The van der Waals surface area contributed by atoms with Crippen LogP contribution in [0.5, 0.6) is 0 Å². The third-order valence-corrected chi connectivity index (χ3v) is 19.9. The van der Waals surface area contributed by atoms with E-state index < -0.39 is 56.9 Å². The van der Waals surface area contributed by atoms with Gasteiger partial charge in [0.2, 0.25) is 0 Å². The SMILES string of the molecule is C[Si](C)(C)O[Si](C)(C)O[C]([SiH3])C(O[Si](C)(C)O[Si](C)(C)C)O[Si](C)(C)O[Si](C)(C)C. The van der Waals surface area contributed by atoms with E-state index in [1.165, 1.54) is 0 Å². The molecule has 181 valence electrons. The van der Waals surface area contributed by atoms with Crippen LogP contribution < -0.4 is 0 Å². The molecule has 1 radical (unpaired) electrons. The lowest BCUT2D eigenvalue weighted by molar-refractivity contribution is -0.0450. The van der Waals surface area contributed by atoms with E-state index in [4.69, 9.17) is 25.6 Å². The molecule has 0 fully saturated rings. The minimum Gasteiger partial charge on any atom is -0.436 e. The first kappa shape index (κ1) is 31.3. The van der Waals surface area contributed by atoms with Gasteiger partial charge in [-0.1, -0.05) is 0 Å². The smallest absolute Gasteiger partial charge is 0.323 e. The van der Waals surface area contributed by atoms with E-state index in [9.17, 15) is 0 Å². The Balaban J connectivity index is 5.65. The molecule has 0 rings (SSSR count). The maximum Gasteiger partial charge on any atom is 0.323 e. The standard InChI is InChI=1S/C17H49O6Si7/c1-25(2,3)21-28(10,11)18-16(19-29(12,13)22-26(4,5)6)17(24)20-30(14,15)23-27(7,8)9/h16H,1-15,24H3. The second-order valence-corrected chi connectivity index (χ2v) is 37.3. The van der Waals surface area contributed by atoms with E-state index >= 15 is 0 Å². The highest BCUT2D eigenvalue weighted by Crippen LogP contribution is 2.28. The third-order valence-electron chi connectivity index (χ3n) is 3.18. The van der Waals surface area contributed by atoms with Crippen molar-refractivity contribution in [2.75, 3.05) is 0 Å². The molecule has 0 saturated heterocycles. The molecule has 0 spiro atoms. The Morgan fingerprint density at radius 3 is 1.03 bits per heavy atom. The van der Waals surface area contributed by atoms with Crippen LogP contribution in [0, 0.1) is 5.73 Å². The molecule has 30 heavy (non-hydrogen) atoms. The molecule has 0 atom stereocenters. The van der Waals surface area contributed by atoms with Crippen LogP contribution in [-0.4, -0.2) is 67.2 Å². The van der Waals surface area contributed by atoms with Crippen LogP contribution in [0.1, 0.15) is 0 Å². The van der Waals surface area contributed by atoms with Crippen molar-refractivity contribution >= 4 is 60.9 Å². The second-order valence-electron chi connectivity index (χ2n) is 12.1. The maximum absolute atomic E-state index is 6.55. The number of hydrogen-bond donors (Lipinski definition) is 0. The largest absolute Gasteiger partial charge is 0.436 e. The van der Waals surface area contributed by atoms with Gasteiger partial charge in [-0.3, -0.25) is 0 Å². The van der Waals surface area contributed by atoms with Crippen molar-refractivity contribution in [1.29, 1.82) is 0 Å². The van der Waals surface area contributed by atoms with Crippen molar-refractivity contribution in [2.24, 2.45) is 0 Å². The predicted molar refractivity (Wildman–Crippen MR) is 146 cm³/mol. The van der Waals surface area contributed by atoms with E-state index in [1.54, 1.807) is 0 Å². The molecule has 0 amide bonds. The highest BCUT2D eigenvalue weighted by Gasteiger charge is 2.43.